The monoisotopic (exact) mass is 288 g/mol. The largest absolute Gasteiger partial charge is 0.490 e. The van der Waals surface area contributed by atoms with Gasteiger partial charge < -0.3 is 14.8 Å². The molecule has 4 nitrogen and oxygen atoms in total. The lowest BCUT2D eigenvalue weighted by Gasteiger charge is -2.16. The smallest absolute Gasteiger partial charge is 0.163 e. The highest BCUT2D eigenvalue weighted by Crippen LogP contribution is 2.35. The molecule has 0 amide bonds. The molecule has 0 radical (unpaired) electrons. The summed E-state index contributed by atoms with van der Waals surface area (Å²) in [7, 11) is 1.90. The average molecular weight is 288 g/mol. The summed E-state index contributed by atoms with van der Waals surface area (Å²) >= 11 is 0. The Morgan fingerprint density at radius 1 is 1.05 bits per heavy atom. The van der Waals surface area contributed by atoms with E-state index in [0.717, 1.165) is 28.2 Å². The van der Waals surface area contributed by atoms with Crippen LogP contribution in [0.4, 0.5) is 5.82 Å². The first-order valence-corrected chi connectivity index (χ1v) is 7.52. The maximum Gasteiger partial charge on any atom is 0.163 e. The lowest BCUT2D eigenvalue weighted by atomic mass is 10.0. The highest BCUT2D eigenvalue weighted by atomic mass is 16.5. The average Bonchev–Trinajstić information content (AvgIpc) is 2.47. The van der Waals surface area contributed by atoms with Crippen molar-refractivity contribution in [1.82, 2.24) is 4.98 Å². The molecule has 1 aromatic carbocycles. The van der Waals surface area contributed by atoms with Crippen molar-refractivity contribution in [2.45, 2.75) is 33.6 Å². The SMILES string of the molecule is CCOc1cc2cc(C(C)C)c(NC)nc2cc1OCC. The molecule has 1 heterocycles. The van der Waals surface area contributed by atoms with Gasteiger partial charge in [-0.2, -0.15) is 0 Å². The predicted octanol–water partition coefficient (Wildman–Crippen LogP) is 4.20. The summed E-state index contributed by atoms with van der Waals surface area (Å²) in [5.41, 5.74) is 2.12. The van der Waals surface area contributed by atoms with Crippen LogP contribution in [-0.4, -0.2) is 25.2 Å². The lowest BCUT2D eigenvalue weighted by Crippen LogP contribution is -2.02. The van der Waals surface area contributed by atoms with Gasteiger partial charge in [-0.3, -0.25) is 0 Å². The fourth-order valence-corrected chi connectivity index (χ4v) is 2.38. The van der Waals surface area contributed by atoms with Crippen LogP contribution in [0.25, 0.3) is 10.9 Å². The zero-order valence-electron chi connectivity index (χ0n) is 13.5. The summed E-state index contributed by atoms with van der Waals surface area (Å²) in [6, 6.07) is 6.15. The van der Waals surface area contributed by atoms with Gasteiger partial charge in [-0.25, -0.2) is 4.98 Å². The Morgan fingerprint density at radius 3 is 2.19 bits per heavy atom. The van der Waals surface area contributed by atoms with Gasteiger partial charge in [0.15, 0.2) is 11.5 Å². The number of benzene rings is 1. The topological polar surface area (TPSA) is 43.4 Å². The molecule has 0 saturated carbocycles. The third-order valence-corrected chi connectivity index (χ3v) is 3.37. The molecule has 0 aliphatic heterocycles. The minimum Gasteiger partial charge on any atom is -0.490 e. The normalized spacial score (nSPS) is 11.0. The van der Waals surface area contributed by atoms with Gasteiger partial charge >= 0.3 is 0 Å². The molecule has 2 rings (SSSR count). The molecular formula is C17H24N2O2. The van der Waals surface area contributed by atoms with E-state index in [1.165, 1.54) is 5.56 Å². The minimum absolute atomic E-state index is 0.409. The van der Waals surface area contributed by atoms with Crippen molar-refractivity contribution in [2.75, 3.05) is 25.6 Å². The standard InChI is InChI=1S/C17H24N2O2/c1-6-20-15-9-12-8-13(11(3)4)17(18-5)19-14(12)10-16(15)21-7-2/h8-11H,6-7H2,1-5H3,(H,18,19). The van der Waals surface area contributed by atoms with Gasteiger partial charge in [-0.15, -0.1) is 0 Å². The molecule has 2 aromatic rings. The van der Waals surface area contributed by atoms with Crippen LogP contribution in [0.5, 0.6) is 11.5 Å². The van der Waals surface area contributed by atoms with Crippen LogP contribution < -0.4 is 14.8 Å². The first kappa shape index (κ1) is 15.4. The molecule has 0 saturated heterocycles. The van der Waals surface area contributed by atoms with E-state index in [9.17, 15) is 0 Å². The molecule has 1 N–H and O–H groups in total. The molecule has 0 spiro atoms. The Bertz CT molecular complexity index is 624. The van der Waals surface area contributed by atoms with Crippen LogP contribution in [0.1, 0.15) is 39.2 Å². The van der Waals surface area contributed by atoms with Crippen molar-refractivity contribution in [3.05, 3.63) is 23.8 Å². The zero-order chi connectivity index (χ0) is 15.4. The van der Waals surface area contributed by atoms with Crippen molar-refractivity contribution in [1.29, 1.82) is 0 Å². The second kappa shape index (κ2) is 6.66. The third kappa shape index (κ3) is 3.20. The van der Waals surface area contributed by atoms with E-state index in [2.05, 4.69) is 25.2 Å². The van der Waals surface area contributed by atoms with E-state index >= 15 is 0 Å². The summed E-state index contributed by atoms with van der Waals surface area (Å²) in [6.07, 6.45) is 0. The third-order valence-electron chi connectivity index (χ3n) is 3.37. The number of hydrogen-bond acceptors (Lipinski definition) is 4. The molecule has 1 aromatic heterocycles. The maximum atomic E-state index is 5.69. The number of fused-ring (bicyclic) bond motifs is 1. The molecule has 0 bridgehead atoms. The van der Waals surface area contributed by atoms with E-state index in [1.54, 1.807) is 0 Å². The Hall–Kier alpha value is -1.97. The fraction of sp³-hybridized carbons (Fsp3) is 0.471. The Labute approximate surface area is 126 Å². The van der Waals surface area contributed by atoms with Crippen LogP contribution in [0.3, 0.4) is 0 Å². The summed E-state index contributed by atoms with van der Waals surface area (Å²) < 4.78 is 11.3. The van der Waals surface area contributed by atoms with Gasteiger partial charge in [0, 0.05) is 18.5 Å². The highest BCUT2D eigenvalue weighted by Gasteiger charge is 2.13. The van der Waals surface area contributed by atoms with E-state index in [-0.39, 0.29) is 0 Å². The highest BCUT2D eigenvalue weighted by molar-refractivity contribution is 5.85. The van der Waals surface area contributed by atoms with E-state index < -0.39 is 0 Å². The Balaban J connectivity index is 2.63. The fourth-order valence-electron chi connectivity index (χ4n) is 2.38. The van der Waals surface area contributed by atoms with Crippen molar-refractivity contribution < 1.29 is 9.47 Å². The zero-order valence-corrected chi connectivity index (χ0v) is 13.5. The number of nitrogens with one attached hydrogen (secondary N) is 1. The van der Waals surface area contributed by atoms with Gasteiger partial charge in [-0.05, 0) is 37.5 Å². The van der Waals surface area contributed by atoms with Gasteiger partial charge in [-0.1, -0.05) is 13.8 Å². The van der Waals surface area contributed by atoms with E-state index in [4.69, 9.17) is 14.5 Å². The molecule has 114 valence electrons. The van der Waals surface area contributed by atoms with Gasteiger partial charge in [0.1, 0.15) is 5.82 Å². The summed E-state index contributed by atoms with van der Waals surface area (Å²) in [4.78, 5) is 4.71. The number of pyridine rings is 1. The molecular weight excluding hydrogens is 264 g/mol. The van der Waals surface area contributed by atoms with E-state index in [0.29, 0.717) is 19.1 Å². The van der Waals surface area contributed by atoms with Crippen LogP contribution in [0, 0.1) is 0 Å². The quantitative estimate of drug-likeness (QED) is 0.865. The minimum atomic E-state index is 0.409. The summed E-state index contributed by atoms with van der Waals surface area (Å²) in [6.45, 7) is 9.50. The van der Waals surface area contributed by atoms with Crippen molar-refractivity contribution in [2.24, 2.45) is 0 Å². The maximum absolute atomic E-state index is 5.69. The van der Waals surface area contributed by atoms with Gasteiger partial charge in [0.05, 0.1) is 18.7 Å². The number of hydrogen-bond donors (Lipinski definition) is 1. The second-order valence-corrected chi connectivity index (χ2v) is 5.19. The molecule has 0 fully saturated rings. The van der Waals surface area contributed by atoms with Crippen molar-refractivity contribution in [3.8, 4) is 11.5 Å². The number of ether oxygens (including phenoxy) is 2. The van der Waals surface area contributed by atoms with Crippen molar-refractivity contribution in [3.63, 3.8) is 0 Å². The van der Waals surface area contributed by atoms with E-state index in [1.807, 2.05) is 33.0 Å². The van der Waals surface area contributed by atoms with Gasteiger partial charge in [0.25, 0.3) is 0 Å². The number of aromatic nitrogens is 1. The molecule has 0 unspecified atom stereocenters. The predicted molar refractivity (Wildman–Crippen MR) is 87.7 cm³/mol. The van der Waals surface area contributed by atoms with Crippen LogP contribution in [0.2, 0.25) is 0 Å². The first-order chi connectivity index (χ1) is 10.1. The number of rotatable bonds is 6. The Kier molecular flexibility index (Phi) is 4.89. The number of nitrogens with zero attached hydrogens (tertiary/aromatic N) is 1. The summed E-state index contributed by atoms with van der Waals surface area (Å²) in [5, 5.41) is 4.25. The van der Waals surface area contributed by atoms with Crippen LogP contribution in [0.15, 0.2) is 18.2 Å². The molecule has 0 atom stereocenters. The van der Waals surface area contributed by atoms with Gasteiger partial charge in [0.2, 0.25) is 0 Å². The molecule has 0 aliphatic rings. The Morgan fingerprint density at radius 2 is 1.67 bits per heavy atom. The van der Waals surface area contributed by atoms with Crippen LogP contribution in [-0.2, 0) is 0 Å². The number of anilines is 1. The van der Waals surface area contributed by atoms with Crippen molar-refractivity contribution >= 4 is 16.7 Å². The second-order valence-electron chi connectivity index (χ2n) is 5.19. The lowest BCUT2D eigenvalue weighted by molar-refractivity contribution is 0.288. The van der Waals surface area contributed by atoms with Crippen LogP contribution >= 0.6 is 0 Å². The molecule has 21 heavy (non-hydrogen) atoms. The first-order valence-electron chi connectivity index (χ1n) is 7.52. The molecule has 4 heteroatoms. The molecule has 0 aliphatic carbocycles. The summed E-state index contributed by atoms with van der Waals surface area (Å²) in [5.74, 6) is 2.86.